The lowest BCUT2D eigenvalue weighted by molar-refractivity contribution is 0.0454. The Morgan fingerprint density at radius 1 is 1.75 bits per heavy atom. The zero-order valence-corrected chi connectivity index (χ0v) is 7.03. The van der Waals surface area contributed by atoms with Crippen molar-refractivity contribution >= 4 is 6.09 Å². The smallest absolute Gasteiger partial charge is 0.407 e. The van der Waals surface area contributed by atoms with Crippen LogP contribution in [0.25, 0.3) is 0 Å². The molecule has 1 fully saturated rings. The first-order valence-electron chi connectivity index (χ1n) is 4.01. The zero-order valence-electron chi connectivity index (χ0n) is 7.03. The van der Waals surface area contributed by atoms with Crippen LogP contribution in [0.4, 0.5) is 4.79 Å². The average Bonchev–Trinajstić information content (AvgIpc) is 2.04. The molecule has 1 rings (SSSR count). The Morgan fingerprint density at radius 2 is 2.42 bits per heavy atom. The molecule has 70 valence electrons. The zero-order chi connectivity index (χ0) is 9.14. The minimum absolute atomic E-state index is 0.309. The predicted octanol–water partition coefficient (Wildman–Crippen LogP) is -0.681. The molecule has 3 N–H and O–H groups in total. The van der Waals surface area contributed by atoms with E-state index in [0.29, 0.717) is 19.6 Å². The van der Waals surface area contributed by atoms with Crippen molar-refractivity contribution in [1.82, 2.24) is 10.2 Å². The van der Waals surface area contributed by atoms with Gasteiger partial charge in [-0.15, -0.1) is 0 Å². The highest BCUT2D eigenvalue weighted by atomic mass is 16.4. The van der Waals surface area contributed by atoms with E-state index in [2.05, 4.69) is 5.32 Å². The summed E-state index contributed by atoms with van der Waals surface area (Å²) in [5, 5.41) is 21.0. The van der Waals surface area contributed by atoms with Gasteiger partial charge in [0.25, 0.3) is 0 Å². The molecule has 0 aliphatic carbocycles. The number of hydrogen-bond donors (Lipinski definition) is 3. The molecule has 1 unspecified atom stereocenters. The van der Waals surface area contributed by atoms with Crippen molar-refractivity contribution in [3.05, 3.63) is 0 Å². The number of carbonyl (C=O) groups is 1. The maximum Gasteiger partial charge on any atom is 0.407 e. The van der Waals surface area contributed by atoms with Crippen LogP contribution in [0.3, 0.4) is 0 Å². The van der Waals surface area contributed by atoms with Crippen molar-refractivity contribution in [2.45, 2.75) is 19.1 Å². The highest BCUT2D eigenvalue weighted by molar-refractivity contribution is 5.65. The molecule has 5 nitrogen and oxygen atoms in total. The van der Waals surface area contributed by atoms with Gasteiger partial charge in [-0.3, -0.25) is 0 Å². The summed E-state index contributed by atoms with van der Waals surface area (Å²) in [6, 6.07) is -0.309. The number of aliphatic hydroxyl groups excluding tert-OH is 1. The Balaban J connectivity index is 2.60. The van der Waals surface area contributed by atoms with Crippen molar-refractivity contribution < 1.29 is 15.0 Å². The van der Waals surface area contributed by atoms with E-state index < -0.39 is 12.2 Å². The van der Waals surface area contributed by atoms with Crippen molar-refractivity contribution in [2.75, 3.05) is 19.6 Å². The first-order chi connectivity index (χ1) is 5.63. The maximum atomic E-state index is 10.7. The van der Waals surface area contributed by atoms with E-state index in [-0.39, 0.29) is 6.04 Å². The summed E-state index contributed by atoms with van der Waals surface area (Å²) in [4.78, 5) is 11.9. The van der Waals surface area contributed by atoms with Crippen LogP contribution in [0.1, 0.15) is 6.92 Å². The van der Waals surface area contributed by atoms with Crippen LogP contribution in [-0.2, 0) is 0 Å². The molecule has 0 bridgehead atoms. The van der Waals surface area contributed by atoms with Crippen LogP contribution in [0.2, 0.25) is 0 Å². The lowest BCUT2D eigenvalue weighted by atomic mass is 10.1. The Morgan fingerprint density at radius 3 is 2.83 bits per heavy atom. The van der Waals surface area contributed by atoms with E-state index in [1.54, 1.807) is 6.92 Å². The fourth-order valence-electron chi connectivity index (χ4n) is 1.39. The van der Waals surface area contributed by atoms with Crippen molar-refractivity contribution in [3.8, 4) is 0 Å². The van der Waals surface area contributed by atoms with E-state index in [9.17, 15) is 9.90 Å². The normalized spacial score (nSPS) is 26.8. The number of rotatable bonds is 1. The van der Waals surface area contributed by atoms with Gasteiger partial charge in [-0.2, -0.15) is 0 Å². The van der Waals surface area contributed by atoms with Gasteiger partial charge in [-0.05, 0) is 6.92 Å². The van der Waals surface area contributed by atoms with Crippen LogP contribution >= 0.6 is 0 Å². The molecule has 0 aromatic rings. The predicted molar refractivity (Wildman–Crippen MR) is 43.1 cm³/mol. The number of carboxylic acid groups (broad SMARTS) is 1. The van der Waals surface area contributed by atoms with Gasteiger partial charge in [0, 0.05) is 19.6 Å². The standard InChI is InChI=1S/C7H14N2O3/c1-5(10)6-4-8-2-3-9(6)7(11)12/h5-6,8,10H,2-4H2,1H3,(H,11,12)/t5-,6?/m0/s1. The summed E-state index contributed by atoms with van der Waals surface area (Å²) >= 11 is 0. The molecule has 5 heteroatoms. The second kappa shape index (κ2) is 3.73. The van der Waals surface area contributed by atoms with Crippen molar-refractivity contribution in [2.24, 2.45) is 0 Å². The van der Waals surface area contributed by atoms with Crippen LogP contribution in [0.15, 0.2) is 0 Å². The van der Waals surface area contributed by atoms with E-state index in [0.717, 1.165) is 0 Å². The first-order valence-corrected chi connectivity index (χ1v) is 4.01. The largest absolute Gasteiger partial charge is 0.465 e. The van der Waals surface area contributed by atoms with Gasteiger partial charge < -0.3 is 20.4 Å². The third kappa shape index (κ3) is 1.86. The number of nitrogens with zero attached hydrogens (tertiary/aromatic N) is 1. The SMILES string of the molecule is C[C@H](O)C1CNCCN1C(=O)O. The average molecular weight is 174 g/mol. The van der Waals surface area contributed by atoms with Crippen LogP contribution < -0.4 is 5.32 Å². The number of nitrogens with one attached hydrogen (secondary N) is 1. The van der Waals surface area contributed by atoms with E-state index in [1.807, 2.05) is 0 Å². The minimum atomic E-state index is -0.956. The van der Waals surface area contributed by atoms with Gasteiger partial charge in [0.2, 0.25) is 0 Å². The van der Waals surface area contributed by atoms with Crippen LogP contribution in [-0.4, -0.2) is 53.0 Å². The Kier molecular flexibility index (Phi) is 2.88. The molecule has 0 saturated carbocycles. The molecule has 0 radical (unpaired) electrons. The van der Waals surface area contributed by atoms with E-state index in [4.69, 9.17) is 5.11 Å². The maximum absolute atomic E-state index is 10.7. The van der Waals surface area contributed by atoms with Gasteiger partial charge in [0.05, 0.1) is 12.1 Å². The fraction of sp³-hybridized carbons (Fsp3) is 0.857. The molecule has 1 aliphatic rings. The van der Waals surface area contributed by atoms with Gasteiger partial charge in [0.15, 0.2) is 0 Å². The topological polar surface area (TPSA) is 72.8 Å². The molecular formula is C7H14N2O3. The molecule has 0 aromatic heterocycles. The molecule has 1 saturated heterocycles. The summed E-state index contributed by atoms with van der Waals surface area (Å²) in [5.41, 5.74) is 0. The molecule has 0 spiro atoms. The van der Waals surface area contributed by atoms with Crippen molar-refractivity contribution in [1.29, 1.82) is 0 Å². The molecule has 12 heavy (non-hydrogen) atoms. The number of hydrogen-bond acceptors (Lipinski definition) is 3. The highest BCUT2D eigenvalue weighted by Crippen LogP contribution is 2.07. The monoisotopic (exact) mass is 174 g/mol. The number of aliphatic hydroxyl groups is 1. The molecule has 2 atom stereocenters. The number of amides is 1. The second-order valence-electron chi connectivity index (χ2n) is 2.99. The Bertz CT molecular complexity index is 172. The second-order valence-corrected chi connectivity index (χ2v) is 2.99. The first kappa shape index (κ1) is 9.28. The van der Waals surface area contributed by atoms with Crippen LogP contribution in [0.5, 0.6) is 0 Å². The summed E-state index contributed by atoms with van der Waals surface area (Å²) in [7, 11) is 0. The highest BCUT2D eigenvalue weighted by Gasteiger charge is 2.29. The Hall–Kier alpha value is -0.810. The minimum Gasteiger partial charge on any atom is -0.465 e. The van der Waals surface area contributed by atoms with Crippen molar-refractivity contribution in [3.63, 3.8) is 0 Å². The molecule has 1 amide bonds. The summed E-state index contributed by atoms with van der Waals surface area (Å²) in [6.45, 7) is 3.25. The molecular weight excluding hydrogens is 160 g/mol. The quantitative estimate of drug-likeness (QED) is 0.492. The lowest BCUT2D eigenvalue weighted by Gasteiger charge is -2.35. The van der Waals surface area contributed by atoms with E-state index in [1.165, 1.54) is 4.90 Å². The Labute approximate surface area is 71.0 Å². The van der Waals surface area contributed by atoms with Gasteiger partial charge in [-0.25, -0.2) is 4.79 Å². The van der Waals surface area contributed by atoms with Crippen LogP contribution in [0, 0.1) is 0 Å². The summed E-state index contributed by atoms with van der Waals surface area (Å²) in [6.07, 6.45) is -1.57. The number of piperazine rings is 1. The van der Waals surface area contributed by atoms with Gasteiger partial charge in [0.1, 0.15) is 0 Å². The molecule has 1 aliphatic heterocycles. The van der Waals surface area contributed by atoms with Gasteiger partial charge in [-0.1, -0.05) is 0 Å². The van der Waals surface area contributed by atoms with Gasteiger partial charge >= 0.3 is 6.09 Å². The fourth-order valence-corrected chi connectivity index (χ4v) is 1.39. The molecule has 1 heterocycles. The summed E-state index contributed by atoms with van der Waals surface area (Å²) < 4.78 is 0. The third-order valence-electron chi connectivity index (χ3n) is 2.09. The van der Waals surface area contributed by atoms with E-state index >= 15 is 0 Å². The third-order valence-corrected chi connectivity index (χ3v) is 2.09. The summed E-state index contributed by atoms with van der Waals surface area (Å²) in [5.74, 6) is 0. The molecule has 0 aromatic carbocycles. The lowest BCUT2D eigenvalue weighted by Crippen LogP contribution is -2.57.